The lowest BCUT2D eigenvalue weighted by Gasteiger charge is -2.34. The summed E-state index contributed by atoms with van der Waals surface area (Å²) < 4.78 is 43.7. The summed E-state index contributed by atoms with van der Waals surface area (Å²) in [4.78, 5) is 29.2. The van der Waals surface area contributed by atoms with Gasteiger partial charge in [-0.1, -0.05) is 96.9 Å². The number of carbonyl (C=O) groups is 2. The molecule has 0 fully saturated rings. The standard InChI is InChI=1S/C33H32Cl2FN3O4S/c1-2-20-37-33(41)31(21-24-12-5-3-6-13-24)38(22-26-27(34)16-11-17-28(26)35)32(40)23-39(30-19-10-9-18-29(30)36)44(42,43)25-14-7-4-8-15-25/h3-19,31H,2,20-23H2,1H3,(H,37,41). The molecule has 0 heterocycles. The highest BCUT2D eigenvalue weighted by Crippen LogP contribution is 2.30. The minimum absolute atomic E-state index is 0.120. The Kier molecular flexibility index (Phi) is 11.4. The Morgan fingerprint density at radius 1 is 0.841 bits per heavy atom. The Labute approximate surface area is 267 Å². The normalized spacial score (nSPS) is 11.9. The van der Waals surface area contributed by atoms with Crippen molar-refractivity contribution >= 4 is 50.7 Å². The summed E-state index contributed by atoms with van der Waals surface area (Å²) >= 11 is 13.0. The summed E-state index contributed by atoms with van der Waals surface area (Å²) in [7, 11) is -4.42. The smallest absolute Gasteiger partial charge is 0.264 e. The average molecular weight is 657 g/mol. The number of benzene rings is 4. The van der Waals surface area contributed by atoms with E-state index in [9.17, 15) is 18.0 Å². The van der Waals surface area contributed by atoms with E-state index in [1.54, 1.807) is 24.3 Å². The Bertz CT molecular complexity index is 1670. The molecule has 1 unspecified atom stereocenters. The van der Waals surface area contributed by atoms with Gasteiger partial charge in [-0.15, -0.1) is 0 Å². The van der Waals surface area contributed by atoms with E-state index in [-0.39, 0.29) is 33.6 Å². The largest absolute Gasteiger partial charge is 0.354 e. The van der Waals surface area contributed by atoms with E-state index in [4.69, 9.17) is 23.2 Å². The van der Waals surface area contributed by atoms with E-state index in [1.165, 1.54) is 47.4 Å². The van der Waals surface area contributed by atoms with Gasteiger partial charge in [0, 0.05) is 35.1 Å². The second kappa shape index (κ2) is 15.2. The first-order chi connectivity index (χ1) is 21.1. The lowest BCUT2D eigenvalue weighted by atomic mass is 10.0. The molecule has 11 heteroatoms. The summed E-state index contributed by atoms with van der Waals surface area (Å²) in [5.74, 6) is -2.02. The zero-order chi connectivity index (χ0) is 31.7. The van der Waals surface area contributed by atoms with Crippen LogP contribution >= 0.6 is 23.2 Å². The molecule has 0 saturated carbocycles. The Hall–Kier alpha value is -3.92. The number of sulfonamides is 1. The van der Waals surface area contributed by atoms with Crippen LogP contribution in [0.4, 0.5) is 10.1 Å². The van der Waals surface area contributed by atoms with Crippen LogP contribution in [0.15, 0.2) is 108 Å². The van der Waals surface area contributed by atoms with E-state index in [1.807, 2.05) is 37.3 Å². The first-order valence-electron chi connectivity index (χ1n) is 14.0. The molecule has 2 amide bonds. The fraction of sp³-hybridized carbons (Fsp3) is 0.212. The molecule has 230 valence electrons. The molecule has 7 nitrogen and oxygen atoms in total. The zero-order valence-electron chi connectivity index (χ0n) is 24.0. The van der Waals surface area contributed by atoms with Crippen molar-refractivity contribution in [3.63, 3.8) is 0 Å². The van der Waals surface area contributed by atoms with Gasteiger partial charge in [0.2, 0.25) is 11.8 Å². The van der Waals surface area contributed by atoms with Gasteiger partial charge in [-0.25, -0.2) is 12.8 Å². The molecule has 4 aromatic carbocycles. The van der Waals surface area contributed by atoms with Gasteiger partial charge >= 0.3 is 0 Å². The molecular weight excluding hydrogens is 624 g/mol. The summed E-state index contributed by atoms with van der Waals surface area (Å²) in [6.45, 7) is 1.26. The number of nitrogens with one attached hydrogen (secondary N) is 1. The van der Waals surface area contributed by atoms with Crippen molar-refractivity contribution in [3.05, 3.63) is 130 Å². The maximum absolute atomic E-state index is 15.2. The highest BCUT2D eigenvalue weighted by molar-refractivity contribution is 7.92. The van der Waals surface area contributed by atoms with Gasteiger partial charge in [-0.2, -0.15) is 0 Å². The highest BCUT2D eigenvalue weighted by Gasteiger charge is 2.35. The fourth-order valence-corrected chi connectivity index (χ4v) is 6.62. The third kappa shape index (κ3) is 7.96. The second-order valence-electron chi connectivity index (χ2n) is 9.99. The number of amides is 2. The Morgan fingerprint density at radius 3 is 2.05 bits per heavy atom. The van der Waals surface area contributed by atoms with E-state index in [0.717, 1.165) is 15.9 Å². The van der Waals surface area contributed by atoms with E-state index in [2.05, 4.69) is 5.32 Å². The van der Waals surface area contributed by atoms with Gasteiger partial charge in [0.1, 0.15) is 18.4 Å². The minimum atomic E-state index is -4.42. The number of nitrogens with zero attached hydrogens (tertiary/aromatic N) is 2. The van der Waals surface area contributed by atoms with Crippen LogP contribution in [0.5, 0.6) is 0 Å². The number of carbonyl (C=O) groups excluding carboxylic acids is 2. The monoisotopic (exact) mass is 655 g/mol. The minimum Gasteiger partial charge on any atom is -0.354 e. The van der Waals surface area contributed by atoms with Crippen molar-refractivity contribution in [2.45, 2.75) is 37.2 Å². The maximum atomic E-state index is 15.2. The summed E-state index contributed by atoms with van der Waals surface area (Å²) in [5.41, 5.74) is 0.847. The molecule has 1 atom stereocenters. The van der Waals surface area contributed by atoms with Crippen LogP contribution in [0.2, 0.25) is 10.0 Å². The number of hydrogen-bond acceptors (Lipinski definition) is 4. The van der Waals surface area contributed by atoms with Crippen molar-refractivity contribution in [1.82, 2.24) is 10.2 Å². The van der Waals surface area contributed by atoms with Gasteiger partial charge in [-0.05, 0) is 48.4 Å². The van der Waals surface area contributed by atoms with Crippen LogP contribution in [-0.2, 0) is 32.6 Å². The molecule has 0 aromatic heterocycles. The number of hydrogen-bond donors (Lipinski definition) is 1. The lowest BCUT2D eigenvalue weighted by Crippen LogP contribution is -2.53. The predicted molar refractivity (Wildman–Crippen MR) is 172 cm³/mol. The Morgan fingerprint density at radius 2 is 1.43 bits per heavy atom. The second-order valence-corrected chi connectivity index (χ2v) is 12.7. The van der Waals surface area contributed by atoms with Crippen LogP contribution < -0.4 is 9.62 Å². The van der Waals surface area contributed by atoms with Crippen LogP contribution in [-0.4, -0.2) is 44.3 Å². The first-order valence-corrected chi connectivity index (χ1v) is 16.2. The SMILES string of the molecule is CCCNC(=O)C(Cc1ccccc1)N(Cc1c(Cl)cccc1Cl)C(=O)CN(c1ccccc1F)S(=O)(=O)c1ccccc1. The summed E-state index contributed by atoms with van der Waals surface area (Å²) in [6, 6.07) is 25.7. The molecule has 4 rings (SSSR count). The molecule has 0 radical (unpaired) electrons. The van der Waals surface area contributed by atoms with E-state index >= 15 is 4.39 Å². The van der Waals surface area contributed by atoms with Crippen LogP contribution in [0, 0.1) is 5.82 Å². The molecular formula is C33H32Cl2FN3O4S. The van der Waals surface area contributed by atoms with Gasteiger partial charge < -0.3 is 10.2 Å². The summed E-state index contributed by atoms with van der Waals surface area (Å²) in [6.07, 6.45) is 0.778. The molecule has 44 heavy (non-hydrogen) atoms. The predicted octanol–water partition coefficient (Wildman–Crippen LogP) is 6.49. The van der Waals surface area contributed by atoms with E-state index < -0.39 is 40.2 Å². The van der Waals surface area contributed by atoms with Gasteiger partial charge in [0.15, 0.2) is 0 Å². The molecule has 0 aliphatic rings. The number of rotatable bonds is 13. The highest BCUT2D eigenvalue weighted by atomic mass is 35.5. The maximum Gasteiger partial charge on any atom is 0.264 e. The van der Waals surface area contributed by atoms with Gasteiger partial charge in [-0.3, -0.25) is 13.9 Å². The van der Waals surface area contributed by atoms with Crippen molar-refractivity contribution in [3.8, 4) is 0 Å². The lowest BCUT2D eigenvalue weighted by molar-refractivity contribution is -0.140. The van der Waals surface area contributed by atoms with Crippen molar-refractivity contribution < 1.29 is 22.4 Å². The quantitative estimate of drug-likeness (QED) is 0.178. The fourth-order valence-electron chi connectivity index (χ4n) is 4.66. The van der Waals surface area contributed by atoms with Crippen LogP contribution in [0.1, 0.15) is 24.5 Å². The van der Waals surface area contributed by atoms with Crippen molar-refractivity contribution in [2.24, 2.45) is 0 Å². The molecule has 0 aliphatic heterocycles. The third-order valence-corrected chi connectivity index (χ3v) is 9.42. The van der Waals surface area contributed by atoms with Crippen LogP contribution in [0.25, 0.3) is 0 Å². The molecule has 4 aromatic rings. The van der Waals surface area contributed by atoms with Crippen LogP contribution in [0.3, 0.4) is 0 Å². The van der Waals surface area contributed by atoms with Crippen molar-refractivity contribution in [1.29, 1.82) is 0 Å². The molecule has 0 spiro atoms. The molecule has 1 N–H and O–H groups in total. The average Bonchev–Trinajstić information content (AvgIpc) is 3.02. The topological polar surface area (TPSA) is 86.8 Å². The number of halogens is 3. The molecule has 0 aliphatic carbocycles. The van der Waals surface area contributed by atoms with E-state index in [0.29, 0.717) is 18.5 Å². The molecule has 0 saturated heterocycles. The first kappa shape index (κ1) is 33.0. The molecule has 0 bridgehead atoms. The third-order valence-electron chi connectivity index (χ3n) is 6.94. The van der Waals surface area contributed by atoms with Gasteiger partial charge in [0.25, 0.3) is 10.0 Å². The van der Waals surface area contributed by atoms with Crippen molar-refractivity contribution in [2.75, 3.05) is 17.4 Å². The Balaban J connectivity index is 1.83. The number of para-hydroxylation sites is 1. The number of anilines is 1. The van der Waals surface area contributed by atoms with Gasteiger partial charge in [0.05, 0.1) is 10.6 Å². The summed E-state index contributed by atoms with van der Waals surface area (Å²) in [5, 5.41) is 3.40. The zero-order valence-corrected chi connectivity index (χ0v) is 26.3.